The summed E-state index contributed by atoms with van der Waals surface area (Å²) >= 11 is 0. The molecular formula is C21H32IN7. The van der Waals surface area contributed by atoms with Gasteiger partial charge in [-0.15, -0.1) is 24.0 Å². The third-order valence-electron chi connectivity index (χ3n) is 5.79. The van der Waals surface area contributed by atoms with Gasteiger partial charge in [0.15, 0.2) is 5.96 Å². The number of nitrogens with zero attached hydrogens (tertiary/aromatic N) is 5. The largest absolute Gasteiger partial charge is 0.357 e. The van der Waals surface area contributed by atoms with E-state index < -0.39 is 0 Å². The number of aromatic nitrogens is 3. The fourth-order valence-corrected chi connectivity index (χ4v) is 4.29. The van der Waals surface area contributed by atoms with Crippen molar-refractivity contribution in [1.29, 1.82) is 0 Å². The normalized spacial score (nSPS) is 20.6. The summed E-state index contributed by atoms with van der Waals surface area (Å²) in [7, 11) is 0. The number of rotatable bonds is 6. The van der Waals surface area contributed by atoms with Crippen molar-refractivity contribution < 1.29 is 0 Å². The molecule has 1 aliphatic carbocycles. The second kappa shape index (κ2) is 10.9. The number of halogens is 1. The Kier molecular flexibility index (Phi) is 8.29. The Balaban J connectivity index is 0.00000240. The molecule has 1 atom stereocenters. The zero-order chi connectivity index (χ0) is 19.2. The van der Waals surface area contributed by atoms with E-state index in [1.54, 1.807) is 17.3 Å². The van der Waals surface area contributed by atoms with Gasteiger partial charge in [0, 0.05) is 31.7 Å². The minimum atomic E-state index is 0. The maximum Gasteiger partial charge on any atom is 0.191 e. The molecule has 1 aromatic heterocycles. The number of likely N-dealkylation sites (tertiary alicyclic amines) is 1. The quantitative estimate of drug-likeness (QED) is 0.356. The van der Waals surface area contributed by atoms with E-state index in [1.165, 1.54) is 44.2 Å². The first-order chi connectivity index (χ1) is 13.8. The molecule has 2 fully saturated rings. The van der Waals surface area contributed by atoms with Crippen molar-refractivity contribution in [3.63, 3.8) is 0 Å². The van der Waals surface area contributed by atoms with Gasteiger partial charge in [-0.3, -0.25) is 4.90 Å². The summed E-state index contributed by atoms with van der Waals surface area (Å²) in [6, 6.07) is 9.61. The Morgan fingerprint density at radius 1 is 1.17 bits per heavy atom. The topological polar surface area (TPSA) is 70.4 Å². The lowest BCUT2D eigenvalue weighted by Gasteiger charge is -2.24. The second-order valence-corrected chi connectivity index (χ2v) is 7.76. The first kappa shape index (κ1) is 22.0. The van der Waals surface area contributed by atoms with Crippen LogP contribution in [0.5, 0.6) is 0 Å². The molecule has 2 N–H and O–H groups in total. The predicted molar refractivity (Wildman–Crippen MR) is 127 cm³/mol. The average Bonchev–Trinajstić information content (AvgIpc) is 3.49. The van der Waals surface area contributed by atoms with Gasteiger partial charge in [0.2, 0.25) is 0 Å². The molecule has 29 heavy (non-hydrogen) atoms. The zero-order valence-corrected chi connectivity index (χ0v) is 19.5. The minimum absolute atomic E-state index is 0. The smallest absolute Gasteiger partial charge is 0.191 e. The molecule has 7 nitrogen and oxygen atoms in total. The molecule has 8 heteroatoms. The SMILES string of the molecule is CCNC(=NCc1ccc(-n2cncn2)cc1)NC1CCN(C2CCCC2)C1.I. The van der Waals surface area contributed by atoms with E-state index in [9.17, 15) is 0 Å². The molecule has 2 heterocycles. The van der Waals surface area contributed by atoms with Crippen LogP contribution in [-0.4, -0.2) is 57.3 Å². The van der Waals surface area contributed by atoms with Crippen molar-refractivity contribution in [2.45, 2.75) is 57.7 Å². The van der Waals surface area contributed by atoms with Gasteiger partial charge in [-0.05, 0) is 43.9 Å². The highest BCUT2D eigenvalue weighted by atomic mass is 127. The van der Waals surface area contributed by atoms with Crippen LogP contribution in [0.4, 0.5) is 0 Å². The average molecular weight is 509 g/mol. The van der Waals surface area contributed by atoms with E-state index in [0.29, 0.717) is 12.6 Å². The third kappa shape index (κ3) is 5.91. The molecule has 1 aromatic carbocycles. The number of nitrogens with one attached hydrogen (secondary N) is 2. The fourth-order valence-electron chi connectivity index (χ4n) is 4.29. The van der Waals surface area contributed by atoms with Crippen LogP contribution in [0.25, 0.3) is 5.69 Å². The van der Waals surface area contributed by atoms with E-state index in [0.717, 1.165) is 30.8 Å². The zero-order valence-electron chi connectivity index (χ0n) is 17.1. The molecular weight excluding hydrogens is 477 g/mol. The number of benzene rings is 1. The van der Waals surface area contributed by atoms with E-state index in [4.69, 9.17) is 4.99 Å². The first-order valence-corrected chi connectivity index (χ1v) is 10.5. The fraction of sp³-hybridized carbons (Fsp3) is 0.571. The van der Waals surface area contributed by atoms with Crippen LogP contribution in [0.3, 0.4) is 0 Å². The van der Waals surface area contributed by atoms with Gasteiger partial charge in [-0.1, -0.05) is 25.0 Å². The van der Waals surface area contributed by atoms with Crippen LogP contribution in [-0.2, 0) is 6.54 Å². The molecule has 0 radical (unpaired) electrons. The van der Waals surface area contributed by atoms with Crippen molar-refractivity contribution >= 4 is 29.9 Å². The van der Waals surface area contributed by atoms with Crippen molar-refractivity contribution in [3.05, 3.63) is 42.5 Å². The molecule has 0 spiro atoms. The van der Waals surface area contributed by atoms with Crippen LogP contribution in [0.15, 0.2) is 41.9 Å². The van der Waals surface area contributed by atoms with Gasteiger partial charge in [0.1, 0.15) is 12.7 Å². The molecule has 4 rings (SSSR count). The number of guanidine groups is 1. The van der Waals surface area contributed by atoms with Gasteiger partial charge in [-0.25, -0.2) is 14.7 Å². The highest BCUT2D eigenvalue weighted by Crippen LogP contribution is 2.26. The Morgan fingerprint density at radius 3 is 2.66 bits per heavy atom. The summed E-state index contributed by atoms with van der Waals surface area (Å²) in [5.41, 5.74) is 2.19. The van der Waals surface area contributed by atoms with Crippen molar-refractivity contribution in [2.75, 3.05) is 19.6 Å². The van der Waals surface area contributed by atoms with Crippen LogP contribution in [0.2, 0.25) is 0 Å². The Bertz CT molecular complexity index is 754. The van der Waals surface area contributed by atoms with Crippen LogP contribution >= 0.6 is 24.0 Å². The van der Waals surface area contributed by atoms with Gasteiger partial charge in [0.05, 0.1) is 12.2 Å². The lowest BCUT2D eigenvalue weighted by molar-refractivity contribution is 0.242. The predicted octanol–water partition coefficient (Wildman–Crippen LogP) is 2.96. The highest BCUT2D eigenvalue weighted by Gasteiger charge is 2.30. The summed E-state index contributed by atoms with van der Waals surface area (Å²) in [5, 5.41) is 11.2. The molecule has 158 valence electrons. The Hall–Kier alpha value is -1.68. The van der Waals surface area contributed by atoms with E-state index in [-0.39, 0.29) is 24.0 Å². The molecule has 1 unspecified atom stereocenters. The lowest BCUT2D eigenvalue weighted by Crippen LogP contribution is -2.45. The molecule has 1 saturated carbocycles. The summed E-state index contributed by atoms with van der Waals surface area (Å²) in [6.07, 6.45) is 10.0. The van der Waals surface area contributed by atoms with Crippen LogP contribution < -0.4 is 10.6 Å². The first-order valence-electron chi connectivity index (χ1n) is 10.5. The number of hydrogen-bond donors (Lipinski definition) is 2. The van der Waals surface area contributed by atoms with E-state index in [2.05, 4.69) is 56.8 Å². The summed E-state index contributed by atoms with van der Waals surface area (Å²) < 4.78 is 1.76. The van der Waals surface area contributed by atoms with Gasteiger partial charge in [-0.2, -0.15) is 5.10 Å². The molecule has 1 aliphatic heterocycles. The second-order valence-electron chi connectivity index (χ2n) is 7.76. The maximum absolute atomic E-state index is 4.80. The molecule has 0 bridgehead atoms. The molecule has 1 saturated heterocycles. The summed E-state index contributed by atoms with van der Waals surface area (Å²) in [6.45, 7) is 6.00. The Morgan fingerprint density at radius 2 is 1.97 bits per heavy atom. The third-order valence-corrected chi connectivity index (χ3v) is 5.79. The minimum Gasteiger partial charge on any atom is -0.357 e. The molecule has 0 amide bonds. The molecule has 2 aromatic rings. The van der Waals surface area contributed by atoms with Gasteiger partial charge < -0.3 is 10.6 Å². The van der Waals surface area contributed by atoms with Crippen molar-refractivity contribution in [1.82, 2.24) is 30.3 Å². The highest BCUT2D eigenvalue weighted by molar-refractivity contribution is 14.0. The van der Waals surface area contributed by atoms with Gasteiger partial charge >= 0.3 is 0 Å². The van der Waals surface area contributed by atoms with Crippen molar-refractivity contribution in [2.24, 2.45) is 4.99 Å². The lowest BCUT2D eigenvalue weighted by atomic mass is 10.2. The number of hydrogen-bond acceptors (Lipinski definition) is 4. The van der Waals surface area contributed by atoms with Crippen LogP contribution in [0, 0.1) is 0 Å². The maximum atomic E-state index is 4.80. The summed E-state index contributed by atoms with van der Waals surface area (Å²) in [4.78, 5) is 11.5. The number of aliphatic imine (C=N–C) groups is 1. The summed E-state index contributed by atoms with van der Waals surface area (Å²) in [5.74, 6) is 0.918. The van der Waals surface area contributed by atoms with Gasteiger partial charge in [0.25, 0.3) is 0 Å². The van der Waals surface area contributed by atoms with E-state index in [1.807, 2.05) is 0 Å². The van der Waals surface area contributed by atoms with E-state index >= 15 is 0 Å². The van der Waals surface area contributed by atoms with Crippen LogP contribution in [0.1, 0.15) is 44.6 Å². The standard InChI is InChI=1S/C21H31N7.HI/c1-2-23-21(26-18-11-12-27(14-18)19-5-3-4-6-19)24-13-17-7-9-20(10-8-17)28-16-22-15-25-28;/h7-10,15-16,18-19H,2-6,11-14H2,1H3,(H2,23,24,26);1H. The molecule has 2 aliphatic rings. The van der Waals surface area contributed by atoms with Crippen molar-refractivity contribution in [3.8, 4) is 5.69 Å². The Labute approximate surface area is 190 Å². The monoisotopic (exact) mass is 509 g/mol.